The van der Waals surface area contributed by atoms with E-state index in [2.05, 4.69) is 26.1 Å². The average Bonchev–Trinajstić information content (AvgIpc) is 3.24. The second-order valence-electron chi connectivity index (χ2n) is 6.55. The molecular formula is C20H11BrClN3O3S. The van der Waals surface area contributed by atoms with Crippen molar-refractivity contribution in [2.45, 2.75) is 13.0 Å². The Hall–Kier alpha value is -2.55. The minimum atomic E-state index is -0.679. The van der Waals surface area contributed by atoms with Crippen LogP contribution in [0.3, 0.4) is 0 Å². The minimum Gasteiger partial charge on any atom is -0.450 e. The molecule has 0 saturated heterocycles. The molecule has 9 heteroatoms. The molecule has 0 bridgehead atoms. The summed E-state index contributed by atoms with van der Waals surface area (Å²) >= 11 is 10.8. The molecule has 0 spiro atoms. The van der Waals surface area contributed by atoms with Crippen molar-refractivity contribution >= 4 is 60.9 Å². The first-order valence-electron chi connectivity index (χ1n) is 8.59. The molecule has 144 valence electrons. The summed E-state index contributed by atoms with van der Waals surface area (Å²) in [6, 6.07) is 11.6. The van der Waals surface area contributed by atoms with Crippen LogP contribution in [0, 0.1) is 6.92 Å². The summed E-state index contributed by atoms with van der Waals surface area (Å²) in [5, 5.41) is 10.0. The summed E-state index contributed by atoms with van der Waals surface area (Å²) in [5.74, 6) is -0.405. The lowest BCUT2D eigenvalue weighted by Gasteiger charge is -2.22. The maximum absolute atomic E-state index is 13.4. The van der Waals surface area contributed by atoms with Gasteiger partial charge >= 0.3 is 0 Å². The summed E-state index contributed by atoms with van der Waals surface area (Å²) in [6.07, 6.45) is 0. The number of carbonyl (C=O) groups excluding carboxylic acids is 1. The van der Waals surface area contributed by atoms with Crippen LogP contribution < -0.4 is 10.3 Å². The van der Waals surface area contributed by atoms with Gasteiger partial charge in [0.15, 0.2) is 5.43 Å². The van der Waals surface area contributed by atoms with E-state index in [1.807, 2.05) is 31.2 Å². The van der Waals surface area contributed by atoms with E-state index in [1.54, 1.807) is 18.2 Å². The van der Waals surface area contributed by atoms with Gasteiger partial charge in [-0.15, -0.1) is 10.2 Å². The Morgan fingerprint density at radius 3 is 2.72 bits per heavy atom. The number of benzene rings is 2. The van der Waals surface area contributed by atoms with Crippen LogP contribution >= 0.6 is 38.9 Å². The molecule has 2 aromatic carbocycles. The molecule has 4 aromatic rings. The van der Waals surface area contributed by atoms with Crippen LogP contribution in [0.25, 0.3) is 11.0 Å². The smallest absolute Gasteiger partial charge is 0.297 e. The number of nitrogens with zero attached hydrogens (tertiary/aromatic N) is 3. The van der Waals surface area contributed by atoms with Crippen LogP contribution in [0.1, 0.15) is 32.7 Å². The molecule has 0 fully saturated rings. The number of aryl methyl sites for hydroxylation is 1. The van der Waals surface area contributed by atoms with E-state index in [1.165, 1.54) is 16.2 Å². The molecule has 2 aromatic heterocycles. The van der Waals surface area contributed by atoms with Crippen LogP contribution in [0.5, 0.6) is 0 Å². The highest BCUT2D eigenvalue weighted by molar-refractivity contribution is 9.10. The van der Waals surface area contributed by atoms with E-state index in [0.717, 1.165) is 10.0 Å². The molecule has 0 radical (unpaired) electrons. The Kier molecular flexibility index (Phi) is 4.31. The quantitative estimate of drug-likeness (QED) is 0.391. The first-order chi connectivity index (χ1) is 13.9. The second kappa shape index (κ2) is 6.76. The third kappa shape index (κ3) is 2.90. The Morgan fingerprint density at radius 1 is 1.17 bits per heavy atom. The second-order valence-corrected chi connectivity index (χ2v) is 9.06. The van der Waals surface area contributed by atoms with Gasteiger partial charge < -0.3 is 4.42 Å². The predicted molar refractivity (Wildman–Crippen MR) is 115 cm³/mol. The molecule has 1 aliphatic heterocycles. The van der Waals surface area contributed by atoms with Crippen molar-refractivity contribution in [3.05, 3.63) is 84.1 Å². The standard InChI is InChI=1S/C20H11BrClN3O3S/c1-9-23-24-20(29-9)25-16(10-3-2-4-11(21)7-10)15-17(26)13-8-12(22)5-6-14(13)28-18(15)19(25)27/h2-8,16H,1H3/t16-/m0/s1. The normalized spacial score (nSPS) is 15.9. The summed E-state index contributed by atoms with van der Waals surface area (Å²) in [7, 11) is 0. The molecule has 6 nitrogen and oxygen atoms in total. The van der Waals surface area contributed by atoms with E-state index < -0.39 is 11.9 Å². The van der Waals surface area contributed by atoms with Crippen molar-refractivity contribution < 1.29 is 9.21 Å². The average molecular weight is 489 g/mol. The highest BCUT2D eigenvalue weighted by Gasteiger charge is 2.45. The fourth-order valence-corrected chi connectivity index (χ4v) is 4.82. The maximum Gasteiger partial charge on any atom is 0.297 e. The van der Waals surface area contributed by atoms with Gasteiger partial charge in [-0.05, 0) is 42.8 Å². The number of anilines is 1. The van der Waals surface area contributed by atoms with Gasteiger partial charge in [-0.25, -0.2) is 0 Å². The molecule has 1 atom stereocenters. The minimum absolute atomic E-state index is 0.0163. The maximum atomic E-state index is 13.4. The third-order valence-electron chi connectivity index (χ3n) is 4.72. The van der Waals surface area contributed by atoms with Crippen molar-refractivity contribution in [3.63, 3.8) is 0 Å². The first-order valence-corrected chi connectivity index (χ1v) is 10.6. The van der Waals surface area contributed by atoms with Crippen molar-refractivity contribution in [2.75, 3.05) is 4.90 Å². The van der Waals surface area contributed by atoms with Crippen molar-refractivity contribution in [1.82, 2.24) is 10.2 Å². The number of amides is 1. The van der Waals surface area contributed by atoms with Gasteiger partial charge in [-0.2, -0.15) is 0 Å². The van der Waals surface area contributed by atoms with Crippen LogP contribution in [0.2, 0.25) is 5.02 Å². The summed E-state index contributed by atoms with van der Waals surface area (Å²) in [5.41, 5.74) is 1.06. The lowest BCUT2D eigenvalue weighted by molar-refractivity contribution is 0.0970. The Bertz CT molecular complexity index is 1370. The molecule has 29 heavy (non-hydrogen) atoms. The van der Waals surface area contributed by atoms with Gasteiger partial charge in [-0.1, -0.05) is 51.0 Å². The molecule has 1 aliphatic rings. The third-order valence-corrected chi connectivity index (χ3v) is 6.28. The van der Waals surface area contributed by atoms with E-state index in [-0.39, 0.29) is 16.8 Å². The van der Waals surface area contributed by atoms with Gasteiger partial charge in [0.25, 0.3) is 5.91 Å². The van der Waals surface area contributed by atoms with Crippen molar-refractivity contribution in [1.29, 1.82) is 0 Å². The van der Waals surface area contributed by atoms with Crippen LogP contribution in [0.15, 0.2) is 56.1 Å². The Labute approximate surface area is 181 Å². The first kappa shape index (κ1) is 18.5. The lowest BCUT2D eigenvalue weighted by atomic mass is 9.99. The van der Waals surface area contributed by atoms with Gasteiger partial charge in [0.05, 0.1) is 17.0 Å². The van der Waals surface area contributed by atoms with Crippen LogP contribution in [0.4, 0.5) is 5.13 Å². The number of hydrogen-bond donors (Lipinski definition) is 0. The van der Waals surface area contributed by atoms with E-state index in [4.69, 9.17) is 16.0 Å². The van der Waals surface area contributed by atoms with E-state index >= 15 is 0 Å². The molecular weight excluding hydrogens is 478 g/mol. The Balaban J connectivity index is 1.84. The molecule has 5 rings (SSSR count). The van der Waals surface area contributed by atoms with Crippen molar-refractivity contribution in [3.8, 4) is 0 Å². The van der Waals surface area contributed by atoms with Crippen LogP contribution in [-0.2, 0) is 0 Å². The van der Waals surface area contributed by atoms with E-state index in [0.29, 0.717) is 26.1 Å². The van der Waals surface area contributed by atoms with Gasteiger partial charge in [0, 0.05) is 9.50 Å². The highest BCUT2D eigenvalue weighted by atomic mass is 79.9. The number of hydrogen-bond acceptors (Lipinski definition) is 6. The number of carbonyl (C=O) groups is 1. The zero-order valence-corrected chi connectivity index (χ0v) is 18.0. The fourth-order valence-electron chi connectivity index (χ4n) is 3.52. The molecule has 0 unspecified atom stereocenters. The number of halogens is 2. The zero-order valence-electron chi connectivity index (χ0n) is 14.8. The monoisotopic (exact) mass is 487 g/mol. The topological polar surface area (TPSA) is 76.3 Å². The number of aromatic nitrogens is 2. The van der Waals surface area contributed by atoms with Gasteiger partial charge in [0.2, 0.25) is 10.9 Å². The molecule has 0 N–H and O–H groups in total. The largest absolute Gasteiger partial charge is 0.450 e. The number of rotatable bonds is 2. The summed E-state index contributed by atoms with van der Waals surface area (Å²) in [4.78, 5) is 28.2. The highest BCUT2D eigenvalue weighted by Crippen LogP contribution is 2.42. The van der Waals surface area contributed by atoms with Gasteiger partial charge in [-0.3, -0.25) is 14.5 Å². The number of fused-ring (bicyclic) bond motifs is 2. The van der Waals surface area contributed by atoms with Crippen molar-refractivity contribution in [2.24, 2.45) is 0 Å². The predicted octanol–water partition coefficient (Wildman–Crippen LogP) is 5.12. The molecule has 1 amide bonds. The molecule has 0 aliphatic carbocycles. The van der Waals surface area contributed by atoms with E-state index in [9.17, 15) is 9.59 Å². The fraction of sp³-hybridized carbons (Fsp3) is 0.100. The SMILES string of the molecule is Cc1nnc(N2C(=O)c3oc4ccc(Cl)cc4c(=O)c3[C@@H]2c2cccc(Br)c2)s1. The van der Waals surface area contributed by atoms with Gasteiger partial charge in [0.1, 0.15) is 10.6 Å². The summed E-state index contributed by atoms with van der Waals surface area (Å²) < 4.78 is 6.72. The molecule has 0 saturated carbocycles. The Morgan fingerprint density at radius 2 is 2.00 bits per heavy atom. The zero-order chi connectivity index (χ0) is 20.3. The van der Waals surface area contributed by atoms with Crippen LogP contribution in [-0.4, -0.2) is 16.1 Å². The molecule has 3 heterocycles. The lowest BCUT2D eigenvalue weighted by Crippen LogP contribution is -2.29. The summed E-state index contributed by atoms with van der Waals surface area (Å²) in [6.45, 7) is 1.81.